The lowest BCUT2D eigenvalue weighted by atomic mass is 9.98. The fourth-order valence-corrected chi connectivity index (χ4v) is 3.34. The second kappa shape index (κ2) is 7.07. The molecule has 0 radical (unpaired) electrons. The number of carboxylic acid groups (broad SMARTS) is 1. The van der Waals surface area contributed by atoms with Gasteiger partial charge in [-0.25, -0.2) is 0 Å². The Hall–Kier alpha value is -1.10. The topological polar surface area (TPSA) is 66.8 Å². The third-order valence-electron chi connectivity index (χ3n) is 4.31. The minimum atomic E-state index is -0.834. The van der Waals surface area contributed by atoms with Gasteiger partial charge in [-0.1, -0.05) is 6.92 Å². The minimum absolute atomic E-state index is 0.0597. The number of carboxylic acids is 1. The number of likely N-dealkylation sites (tertiary alicyclic amines) is 1. The van der Waals surface area contributed by atoms with E-state index in [4.69, 9.17) is 9.84 Å². The molecule has 2 heterocycles. The van der Waals surface area contributed by atoms with Crippen LogP contribution in [0.1, 0.15) is 51.9 Å². The molecule has 2 fully saturated rings. The zero-order valence-corrected chi connectivity index (χ0v) is 12.2. The van der Waals surface area contributed by atoms with E-state index in [9.17, 15) is 9.59 Å². The van der Waals surface area contributed by atoms with E-state index in [0.717, 1.165) is 38.8 Å². The van der Waals surface area contributed by atoms with Gasteiger partial charge in [-0.3, -0.25) is 9.59 Å². The minimum Gasteiger partial charge on any atom is -0.481 e. The first-order valence-corrected chi connectivity index (χ1v) is 7.71. The van der Waals surface area contributed by atoms with Crippen molar-refractivity contribution in [1.82, 2.24) is 4.90 Å². The van der Waals surface area contributed by atoms with E-state index >= 15 is 0 Å². The smallest absolute Gasteiger partial charge is 0.303 e. The van der Waals surface area contributed by atoms with Gasteiger partial charge in [0.05, 0.1) is 12.1 Å². The van der Waals surface area contributed by atoms with Gasteiger partial charge in [0.25, 0.3) is 0 Å². The van der Waals surface area contributed by atoms with Gasteiger partial charge in [-0.2, -0.15) is 0 Å². The van der Waals surface area contributed by atoms with Crippen molar-refractivity contribution < 1.29 is 19.4 Å². The first-order valence-electron chi connectivity index (χ1n) is 7.71. The highest BCUT2D eigenvalue weighted by atomic mass is 16.5. The number of aliphatic carboxylic acids is 1. The molecule has 3 unspecified atom stereocenters. The Bertz CT molecular complexity index is 352. The lowest BCUT2D eigenvalue weighted by molar-refractivity contribution is -0.139. The number of carbonyl (C=O) groups excluding carboxylic acids is 1. The van der Waals surface area contributed by atoms with Crippen LogP contribution in [0.5, 0.6) is 0 Å². The first kappa shape index (κ1) is 15.3. The molecule has 0 aromatic carbocycles. The summed E-state index contributed by atoms with van der Waals surface area (Å²) in [5.41, 5.74) is 0. The number of rotatable bonds is 5. The van der Waals surface area contributed by atoms with Gasteiger partial charge in [0.2, 0.25) is 5.91 Å². The van der Waals surface area contributed by atoms with E-state index in [1.165, 1.54) is 6.42 Å². The van der Waals surface area contributed by atoms with Crippen molar-refractivity contribution in [2.45, 2.75) is 64.0 Å². The number of amides is 1. The van der Waals surface area contributed by atoms with Crippen LogP contribution in [0.25, 0.3) is 0 Å². The molecule has 0 spiro atoms. The third kappa shape index (κ3) is 3.95. The van der Waals surface area contributed by atoms with E-state index in [0.29, 0.717) is 6.42 Å². The normalized spacial score (nSPS) is 28.4. The average Bonchev–Trinajstić information content (AvgIpc) is 2.87. The molecule has 0 bridgehead atoms. The van der Waals surface area contributed by atoms with E-state index < -0.39 is 5.97 Å². The van der Waals surface area contributed by atoms with Gasteiger partial charge in [0, 0.05) is 26.0 Å². The van der Waals surface area contributed by atoms with Gasteiger partial charge >= 0.3 is 5.97 Å². The van der Waals surface area contributed by atoms with Crippen LogP contribution < -0.4 is 0 Å². The molecule has 5 heteroatoms. The summed E-state index contributed by atoms with van der Waals surface area (Å²) < 4.78 is 5.82. The highest BCUT2D eigenvalue weighted by molar-refractivity contribution is 5.78. The summed E-state index contributed by atoms with van der Waals surface area (Å²) in [6.07, 6.45) is 5.96. The molecular weight excluding hydrogens is 258 g/mol. The molecule has 114 valence electrons. The number of hydrogen-bond acceptors (Lipinski definition) is 3. The molecular formula is C15H25NO4. The Kier molecular flexibility index (Phi) is 5.40. The Morgan fingerprint density at radius 1 is 1.25 bits per heavy atom. The monoisotopic (exact) mass is 283 g/mol. The maximum Gasteiger partial charge on any atom is 0.303 e. The van der Waals surface area contributed by atoms with Crippen molar-refractivity contribution in [1.29, 1.82) is 0 Å². The van der Waals surface area contributed by atoms with Crippen molar-refractivity contribution in [3.63, 3.8) is 0 Å². The van der Waals surface area contributed by atoms with Gasteiger partial charge in [0.1, 0.15) is 0 Å². The summed E-state index contributed by atoms with van der Waals surface area (Å²) in [6, 6.07) is 0.208. The van der Waals surface area contributed by atoms with Crippen molar-refractivity contribution in [3.8, 4) is 0 Å². The molecule has 0 saturated carbocycles. The van der Waals surface area contributed by atoms with Crippen molar-refractivity contribution in [2.24, 2.45) is 5.92 Å². The van der Waals surface area contributed by atoms with E-state index in [-0.39, 0.29) is 30.4 Å². The maximum absolute atomic E-state index is 12.4. The Morgan fingerprint density at radius 3 is 2.70 bits per heavy atom. The highest BCUT2D eigenvalue weighted by Gasteiger charge is 2.36. The fraction of sp³-hybridized carbons (Fsp3) is 0.867. The lowest BCUT2D eigenvalue weighted by Gasteiger charge is -2.34. The lowest BCUT2D eigenvalue weighted by Crippen LogP contribution is -2.45. The maximum atomic E-state index is 12.4. The second-order valence-corrected chi connectivity index (χ2v) is 6.11. The standard InChI is InChI=1S/C15H25NO4/c1-11(10-15(18)19)9-14(17)16-7-4-5-12(16)13-6-2-3-8-20-13/h11-13H,2-10H2,1H3,(H,18,19). The average molecular weight is 283 g/mol. The summed E-state index contributed by atoms with van der Waals surface area (Å²) in [6.45, 7) is 3.43. The van der Waals surface area contributed by atoms with Gasteiger partial charge in [-0.15, -0.1) is 0 Å². The first-order chi connectivity index (χ1) is 9.58. The van der Waals surface area contributed by atoms with Gasteiger partial charge in [-0.05, 0) is 38.0 Å². The highest BCUT2D eigenvalue weighted by Crippen LogP contribution is 2.28. The molecule has 3 atom stereocenters. The molecule has 20 heavy (non-hydrogen) atoms. The predicted octanol–water partition coefficient (Wildman–Crippen LogP) is 2.05. The molecule has 2 rings (SSSR count). The number of nitrogens with zero attached hydrogens (tertiary/aromatic N) is 1. The molecule has 2 aliphatic rings. The Labute approximate surface area is 120 Å². The van der Waals surface area contributed by atoms with Crippen LogP contribution in [0, 0.1) is 5.92 Å². The zero-order valence-electron chi connectivity index (χ0n) is 12.2. The largest absolute Gasteiger partial charge is 0.481 e. The second-order valence-electron chi connectivity index (χ2n) is 6.11. The van der Waals surface area contributed by atoms with E-state index in [1.807, 2.05) is 11.8 Å². The van der Waals surface area contributed by atoms with Crippen molar-refractivity contribution >= 4 is 11.9 Å². The molecule has 0 aromatic heterocycles. The number of hydrogen-bond donors (Lipinski definition) is 1. The van der Waals surface area contributed by atoms with Crippen LogP contribution in [0.4, 0.5) is 0 Å². The summed E-state index contributed by atoms with van der Waals surface area (Å²) in [5.74, 6) is -0.845. The zero-order chi connectivity index (χ0) is 14.5. The summed E-state index contributed by atoms with van der Waals surface area (Å²) in [5, 5.41) is 8.77. The molecule has 5 nitrogen and oxygen atoms in total. The predicted molar refractivity (Wildman–Crippen MR) is 74.4 cm³/mol. The number of ether oxygens (including phenoxy) is 1. The summed E-state index contributed by atoms with van der Waals surface area (Å²) in [4.78, 5) is 25.0. The van der Waals surface area contributed by atoms with Crippen molar-refractivity contribution in [2.75, 3.05) is 13.2 Å². The fourth-order valence-electron chi connectivity index (χ4n) is 3.34. The molecule has 2 saturated heterocycles. The molecule has 0 aromatic rings. The van der Waals surface area contributed by atoms with E-state index in [1.54, 1.807) is 0 Å². The third-order valence-corrected chi connectivity index (χ3v) is 4.31. The number of carbonyl (C=O) groups is 2. The summed E-state index contributed by atoms with van der Waals surface area (Å²) in [7, 11) is 0. The van der Waals surface area contributed by atoms with Crippen LogP contribution in [0.3, 0.4) is 0 Å². The molecule has 1 amide bonds. The van der Waals surface area contributed by atoms with Crippen LogP contribution in [-0.2, 0) is 14.3 Å². The van der Waals surface area contributed by atoms with Crippen LogP contribution >= 0.6 is 0 Å². The Morgan fingerprint density at radius 2 is 2.05 bits per heavy atom. The van der Waals surface area contributed by atoms with Crippen molar-refractivity contribution in [3.05, 3.63) is 0 Å². The SMILES string of the molecule is CC(CC(=O)O)CC(=O)N1CCCC1C1CCCCO1. The van der Waals surface area contributed by atoms with Crippen LogP contribution in [-0.4, -0.2) is 47.2 Å². The Balaban J connectivity index is 1.88. The summed E-state index contributed by atoms with van der Waals surface area (Å²) >= 11 is 0. The molecule has 1 N–H and O–H groups in total. The quantitative estimate of drug-likeness (QED) is 0.838. The van der Waals surface area contributed by atoms with Gasteiger partial charge < -0.3 is 14.7 Å². The molecule has 2 aliphatic heterocycles. The molecule has 0 aliphatic carbocycles. The van der Waals surface area contributed by atoms with Crippen LogP contribution in [0.2, 0.25) is 0 Å². The van der Waals surface area contributed by atoms with Gasteiger partial charge in [0.15, 0.2) is 0 Å². The van der Waals surface area contributed by atoms with Crippen LogP contribution in [0.15, 0.2) is 0 Å². The van der Waals surface area contributed by atoms with E-state index in [2.05, 4.69) is 0 Å².